The summed E-state index contributed by atoms with van der Waals surface area (Å²) < 4.78 is 34.4. The molecule has 0 saturated heterocycles. The van der Waals surface area contributed by atoms with E-state index in [9.17, 15) is 19.0 Å². The van der Waals surface area contributed by atoms with E-state index in [1.165, 1.54) is 327 Å². The van der Waals surface area contributed by atoms with E-state index in [1.807, 2.05) is 21.1 Å². The maximum atomic E-state index is 12.9. The molecule has 0 aliphatic rings. The van der Waals surface area contributed by atoms with Gasteiger partial charge in [0.25, 0.3) is 7.82 Å². The molecule has 0 fully saturated rings. The Morgan fingerprint density at radius 2 is 0.556 bits per heavy atom. The molecule has 0 amide bonds. The number of carbonyl (C=O) groups is 2. The van der Waals surface area contributed by atoms with Crippen molar-refractivity contribution in [2.75, 3.05) is 47.5 Å². The van der Waals surface area contributed by atoms with E-state index in [-0.39, 0.29) is 32.0 Å². The van der Waals surface area contributed by atoms with Gasteiger partial charge in [-0.25, -0.2) is 0 Å². The van der Waals surface area contributed by atoms with Crippen LogP contribution >= 0.6 is 7.82 Å². The maximum absolute atomic E-state index is 12.9. The van der Waals surface area contributed by atoms with Crippen LogP contribution < -0.4 is 4.89 Å². The van der Waals surface area contributed by atoms with Crippen molar-refractivity contribution in [3.8, 4) is 0 Å². The molecule has 0 aromatic heterocycles. The van der Waals surface area contributed by atoms with Gasteiger partial charge in [-0.3, -0.25) is 14.2 Å². The fourth-order valence-corrected chi connectivity index (χ4v) is 12.0. The summed E-state index contributed by atoms with van der Waals surface area (Å²) in [5.41, 5.74) is 0. The summed E-state index contributed by atoms with van der Waals surface area (Å²) in [4.78, 5) is 38.1. The molecular weight excluding hydrogens is 1030 g/mol. The number of nitrogens with zero attached hydrogens (tertiary/aromatic N) is 1. The highest BCUT2D eigenvalue weighted by molar-refractivity contribution is 7.45. The molecule has 484 valence electrons. The number of phosphoric ester groups is 1. The van der Waals surface area contributed by atoms with E-state index >= 15 is 0 Å². The van der Waals surface area contributed by atoms with Gasteiger partial charge < -0.3 is 27.9 Å². The van der Waals surface area contributed by atoms with Crippen molar-refractivity contribution in [2.24, 2.45) is 0 Å². The highest BCUT2D eigenvalue weighted by Gasteiger charge is 2.22. The Morgan fingerprint density at radius 1 is 0.333 bits per heavy atom. The van der Waals surface area contributed by atoms with E-state index in [1.54, 1.807) is 0 Å². The molecular formula is C71H142NO8P. The minimum Gasteiger partial charge on any atom is -0.756 e. The maximum Gasteiger partial charge on any atom is 0.306 e. The number of carbonyl (C=O) groups excluding carboxylic acids is 2. The van der Waals surface area contributed by atoms with Gasteiger partial charge in [-0.2, -0.15) is 0 Å². The first kappa shape index (κ1) is 80.0. The topological polar surface area (TPSA) is 111 Å². The molecule has 0 radical (unpaired) electrons. The Hall–Kier alpha value is -0.990. The minimum absolute atomic E-state index is 0.0248. The number of unbranched alkanes of at least 4 members (excludes halogenated alkanes) is 55. The Morgan fingerprint density at radius 3 is 0.790 bits per heavy atom. The minimum atomic E-state index is -4.63. The number of rotatable bonds is 69. The Bertz CT molecular complexity index is 1330. The van der Waals surface area contributed by atoms with Crippen molar-refractivity contribution >= 4 is 19.8 Å². The normalized spacial score (nSPS) is 13.0. The average molecular weight is 1170 g/mol. The van der Waals surface area contributed by atoms with Crippen LogP contribution in [0.15, 0.2) is 0 Å². The highest BCUT2D eigenvalue weighted by Crippen LogP contribution is 2.38. The lowest BCUT2D eigenvalue weighted by Crippen LogP contribution is -2.37. The van der Waals surface area contributed by atoms with Gasteiger partial charge in [-0.15, -0.1) is 0 Å². The van der Waals surface area contributed by atoms with Crippen molar-refractivity contribution in [2.45, 2.75) is 399 Å². The first-order valence-corrected chi connectivity index (χ1v) is 37.7. The summed E-state index contributed by atoms with van der Waals surface area (Å²) in [6.07, 6.45) is 76.3. The zero-order valence-corrected chi connectivity index (χ0v) is 56.2. The molecule has 0 heterocycles. The van der Waals surface area contributed by atoms with Gasteiger partial charge >= 0.3 is 11.9 Å². The second-order valence-corrected chi connectivity index (χ2v) is 27.7. The van der Waals surface area contributed by atoms with Crippen LogP contribution in [0.25, 0.3) is 0 Å². The average Bonchev–Trinajstić information content (AvgIpc) is 3.43. The monoisotopic (exact) mass is 1170 g/mol. The lowest BCUT2D eigenvalue weighted by molar-refractivity contribution is -0.870. The van der Waals surface area contributed by atoms with Crippen molar-refractivity contribution in [1.29, 1.82) is 0 Å². The van der Waals surface area contributed by atoms with Crippen LogP contribution in [0.3, 0.4) is 0 Å². The molecule has 2 atom stereocenters. The van der Waals surface area contributed by atoms with Crippen molar-refractivity contribution in [3.05, 3.63) is 0 Å². The van der Waals surface area contributed by atoms with Gasteiger partial charge in [0.1, 0.15) is 19.8 Å². The van der Waals surface area contributed by atoms with E-state index in [2.05, 4.69) is 13.8 Å². The first-order chi connectivity index (χ1) is 39.5. The molecule has 0 saturated carbocycles. The second-order valence-electron chi connectivity index (χ2n) is 26.3. The summed E-state index contributed by atoms with van der Waals surface area (Å²) in [5, 5.41) is 0. The summed E-state index contributed by atoms with van der Waals surface area (Å²) in [5.74, 6) is -0.803. The number of ether oxygens (including phenoxy) is 2. The lowest BCUT2D eigenvalue weighted by Gasteiger charge is -2.28. The van der Waals surface area contributed by atoms with E-state index in [0.717, 1.165) is 32.1 Å². The molecule has 0 bridgehead atoms. The molecule has 0 rings (SSSR count). The van der Waals surface area contributed by atoms with Crippen molar-refractivity contribution in [1.82, 2.24) is 0 Å². The molecule has 0 spiro atoms. The molecule has 2 unspecified atom stereocenters. The first-order valence-electron chi connectivity index (χ1n) is 36.2. The van der Waals surface area contributed by atoms with Gasteiger partial charge in [-0.1, -0.05) is 367 Å². The Labute approximate surface area is 505 Å². The highest BCUT2D eigenvalue weighted by atomic mass is 31.2. The van der Waals surface area contributed by atoms with Gasteiger partial charge in [-0.05, 0) is 12.8 Å². The van der Waals surface area contributed by atoms with Gasteiger partial charge in [0.2, 0.25) is 0 Å². The second kappa shape index (κ2) is 63.5. The van der Waals surface area contributed by atoms with Crippen LogP contribution in [0.5, 0.6) is 0 Å². The zero-order chi connectivity index (χ0) is 59.1. The van der Waals surface area contributed by atoms with Gasteiger partial charge in [0, 0.05) is 12.8 Å². The zero-order valence-electron chi connectivity index (χ0n) is 55.3. The number of hydrogen-bond donors (Lipinski definition) is 0. The summed E-state index contributed by atoms with van der Waals surface area (Å²) in [7, 11) is 1.20. The number of hydrogen-bond acceptors (Lipinski definition) is 8. The van der Waals surface area contributed by atoms with Crippen LogP contribution in [-0.4, -0.2) is 70.0 Å². The third-order valence-corrected chi connectivity index (χ3v) is 17.8. The van der Waals surface area contributed by atoms with Crippen LogP contribution in [0.1, 0.15) is 393 Å². The smallest absolute Gasteiger partial charge is 0.306 e. The predicted octanol–water partition coefficient (Wildman–Crippen LogP) is 22.7. The van der Waals surface area contributed by atoms with Crippen LogP contribution in [-0.2, 0) is 32.7 Å². The molecule has 0 aliphatic heterocycles. The van der Waals surface area contributed by atoms with Gasteiger partial charge in [0.15, 0.2) is 6.10 Å². The SMILES string of the molecule is CCCCCCCCCCCCCCCCCCCCCCCCCCCCCCCCCCCC(=O)OC(COC(=O)CCCCCCCCCCCCCCCCCCCCCCCCCC)COP(=O)([O-])OCC[N+](C)(C)C. The fourth-order valence-electron chi connectivity index (χ4n) is 11.3. The Kier molecular flexibility index (Phi) is 62.7. The largest absolute Gasteiger partial charge is 0.756 e. The van der Waals surface area contributed by atoms with Crippen LogP contribution in [0, 0.1) is 0 Å². The number of likely N-dealkylation sites (N-methyl/N-ethyl adjacent to an activating group) is 1. The molecule has 81 heavy (non-hydrogen) atoms. The molecule has 0 aromatic rings. The number of phosphoric acid groups is 1. The molecule has 0 N–H and O–H groups in total. The number of esters is 2. The fraction of sp³-hybridized carbons (Fsp3) is 0.972. The summed E-state index contributed by atoms with van der Waals surface area (Å²) in [6.45, 7) is 4.34. The lowest BCUT2D eigenvalue weighted by atomic mass is 10.0. The summed E-state index contributed by atoms with van der Waals surface area (Å²) >= 11 is 0. The standard InChI is InChI=1S/C71H142NO8P/c1-6-8-10-12-14-16-18-20-22-24-26-28-30-32-33-34-35-36-37-38-39-40-42-44-46-48-50-52-54-56-58-60-62-64-71(74)80-69(68-79-81(75,76)78-66-65-72(3,4)5)67-77-70(73)63-61-59-57-55-53-51-49-47-45-43-41-31-29-27-25-23-21-19-17-15-13-11-9-7-2/h69H,6-68H2,1-5H3. The third-order valence-electron chi connectivity index (χ3n) is 16.9. The van der Waals surface area contributed by atoms with E-state index in [0.29, 0.717) is 17.4 Å². The quantitative estimate of drug-likeness (QED) is 0.0256. The predicted molar refractivity (Wildman–Crippen MR) is 347 cm³/mol. The third kappa shape index (κ3) is 68.0. The van der Waals surface area contributed by atoms with Crippen molar-refractivity contribution < 1.29 is 42.1 Å². The van der Waals surface area contributed by atoms with Crippen molar-refractivity contribution in [3.63, 3.8) is 0 Å². The van der Waals surface area contributed by atoms with Gasteiger partial charge in [0.05, 0.1) is 27.7 Å². The van der Waals surface area contributed by atoms with E-state index < -0.39 is 26.5 Å². The Balaban J connectivity index is 3.94. The number of quaternary nitrogens is 1. The molecule has 0 aliphatic carbocycles. The van der Waals surface area contributed by atoms with Crippen LogP contribution in [0.2, 0.25) is 0 Å². The molecule has 10 heteroatoms. The van der Waals surface area contributed by atoms with E-state index in [4.69, 9.17) is 18.5 Å². The summed E-state index contributed by atoms with van der Waals surface area (Å²) in [6, 6.07) is 0. The molecule has 0 aromatic carbocycles. The molecule has 9 nitrogen and oxygen atoms in total. The van der Waals surface area contributed by atoms with Crippen LogP contribution in [0.4, 0.5) is 0 Å².